The Hall–Kier alpha value is -3.61. The highest BCUT2D eigenvalue weighted by molar-refractivity contribution is 7.99. The molecule has 1 saturated heterocycles. The Bertz CT molecular complexity index is 1640. The lowest BCUT2D eigenvalue weighted by Gasteiger charge is -2.27. The van der Waals surface area contributed by atoms with Gasteiger partial charge >= 0.3 is 0 Å². The van der Waals surface area contributed by atoms with Crippen molar-refractivity contribution in [3.05, 3.63) is 83.9 Å². The summed E-state index contributed by atoms with van der Waals surface area (Å²) < 4.78 is 58.2. The van der Waals surface area contributed by atoms with Gasteiger partial charge in [-0.1, -0.05) is 54.6 Å². The fourth-order valence-electron chi connectivity index (χ4n) is 4.52. The van der Waals surface area contributed by atoms with Gasteiger partial charge in [0.15, 0.2) is 11.0 Å². The van der Waals surface area contributed by atoms with E-state index in [9.17, 15) is 22.0 Å². The van der Waals surface area contributed by atoms with Crippen LogP contribution >= 0.6 is 11.8 Å². The number of hydrogen-bond donors (Lipinski definition) is 1. The van der Waals surface area contributed by atoms with Crippen LogP contribution in [0.3, 0.4) is 0 Å². The summed E-state index contributed by atoms with van der Waals surface area (Å²) in [4.78, 5) is 13.1. The number of halogens is 2. The molecule has 0 bridgehead atoms. The van der Waals surface area contributed by atoms with Gasteiger partial charge in [-0.05, 0) is 49.6 Å². The van der Waals surface area contributed by atoms with E-state index in [0.29, 0.717) is 24.5 Å². The topological polar surface area (TPSA) is 97.2 Å². The van der Waals surface area contributed by atoms with Gasteiger partial charge in [-0.3, -0.25) is 9.36 Å². The normalized spacial score (nSPS) is 14.3. The van der Waals surface area contributed by atoms with Gasteiger partial charge in [0.1, 0.15) is 16.5 Å². The molecule has 12 heteroatoms. The van der Waals surface area contributed by atoms with Crippen molar-refractivity contribution in [3.63, 3.8) is 0 Å². The summed E-state index contributed by atoms with van der Waals surface area (Å²) in [6, 6.07) is 17.1. The number of carbonyl (C=O) groups excluding carboxylic acids is 1. The van der Waals surface area contributed by atoms with Crippen molar-refractivity contribution in [1.82, 2.24) is 19.1 Å². The Labute approximate surface area is 235 Å². The van der Waals surface area contributed by atoms with E-state index in [1.807, 2.05) is 6.07 Å². The summed E-state index contributed by atoms with van der Waals surface area (Å²) in [5.41, 5.74) is 1.63. The van der Waals surface area contributed by atoms with E-state index >= 15 is 0 Å². The number of amides is 1. The van der Waals surface area contributed by atoms with E-state index in [1.54, 1.807) is 49.4 Å². The standard InChI is InChI=1S/C28H27F2N5O3S2/c1-19-10-12-23(25(16-19)40(37,38)34-14-6-3-7-15-34)31-26(36)18-39-28-33-32-27(20-8-4-2-5-9-20)35(28)24-13-11-21(29)17-22(24)30/h2,4-5,8-13,16-17H,3,6-7,14-15,18H2,1H3,(H,31,36). The van der Waals surface area contributed by atoms with Crippen LogP contribution in [0, 0.1) is 18.6 Å². The molecule has 8 nitrogen and oxygen atoms in total. The van der Waals surface area contributed by atoms with Gasteiger partial charge in [0, 0.05) is 24.7 Å². The summed E-state index contributed by atoms with van der Waals surface area (Å²) in [7, 11) is -3.79. The third-order valence-corrected chi connectivity index (χ3v) is 9.36. The molecule has 1 amide bonds. The summed E-state index contributed by atoms with van der Waals surface area (Å²) in [5, 5.41) is 11.3. The SMILES string of the molecule is Cc1ccc(NC(=O)CSc2nnc(-c3ccccc3)n2-c2ccc(F)cc2F)c(S(=O)(=O)N2CCCCC2)c1. The van der Waals surface area contributed by atoms with Gasteiger partial charge in [-0.15, -0.1) is 10.2 Å². The first-order valence-corrected chi connectivity index (χ1v) is 15.2. The lowest BCUT2D eigenvalue weighted by Crippen LogP contribution is -2.36. The highest BCUT2D eigenvalue weighted by Gasteiger charge is 2.29. The Morgan fingerprint density at radius 3 is 2.45 bits per heavy atom. The van der Waals surface area contributed by atoms with Gasteiger partial charge in [0.2, 0.25) is 15.9 Å². The van der Waals surface area contributed by atoms with Crippen LogP contribution in [0.15, 0.2) is 76.8 Å². The molecule has 1 fully saturated rings. The van der Waals surface area contributed by atoms with Crippen molar-refractivity contribution in [2.75, 3.05) is 24.2 Å². The molecule has 1 aliphatic heterocycles. The molecular weight excluding hydrogens is 556 g/mol. The first kappa shape index (κ1) is 27.9. The number of nitrogens with zero attached hydrogens (tertiary/aromatic N) is 4. The smallest absolute Gasteiger partial charge is 0.245 e. The number of piperidine rings is 1. The summed E-state index contributed by atoms with van der Waals surface area (Å²) in [5.74, 6) is -1.85. The molecule has 0 radical (unpaired) electrons. The molecule has 3 aromatic carbocycles. The molecule has 0 spiro atoms. The monoisotopic (exact) mass is 583 g/mol. The summed E-state index contributed by atoms with van der Waals surface area (Å²) in [6.07, 6.45) is 2.58. The minimum atomic E-state index is -3.79. The molecule has 2 heterocycles. The maximum absolute atomic E-state index is 14.9. The number of thioether (sulfide) groups is 1. The average Bonchev–Trinajstić information content (AvgIpc) is 3.37. The highest BCUT2D eigenvalue weighted by Crippen LogP contribution is 2.31. The summed E-state index contributed by atoms with van der Waals surface area (Å²) >= 11 is 0.999. The number of hydrogen-bond acceptors (Lipinski definition) is 6. The number of benzene rings is 3. The van der Waals surface area contributed by atoms with Crippen LogP contribution in [0.25, 0.3) is 17.1 Å². The van der Waals surface area contributed by atoms with Crippen LogP contribution in [0.1, 0.15) is 24.8 Å². The van der Waals surface area contributed by atoms with Crippen molar-refractivity contribution >= 4 is 33.4 Å². The quantitative estimate of drug-likeness (QED) is 0.278. The van der Waals surface area contributed by atoms with Gasteiger partial charge in [-0.25, -0.2) is 17.2 Å². The molecule has 5 rings (SSSR count). The maximum Gasteiger partial charge on any atom is 0.245 e. The van der Waals surface area contributed by atoms with Crippen molar-refractivity contribution < 1.29 is 22.0 Å². The first-order valence-electron chi connectivity index (χ1n) is 12.7. The number of rotatable bonds is 8. The second-order valence-electron chi connectivity index (χ2n) is 9.40. The fraction of sp³-hybridized carbons (Fsp3) is 0.250. The predicted molar refractivity (Wildman–Crippen MR) is 150 cm³/mol. The zero-order valence-electron chi connectivity index (χ0n) is 21.7. The lowest BCUT2D eigenvalue weighted by molar-refractivity contribution is -0.113. The molecule has 40 heavy (non-hydrogen) atoms. The number of aromatic nitrogens is 3. The number of aryl methyl sites for hydroxylation is 1. The Kier molecular flexibility index (Phi) is 8.29. The third kappa shape index (κ3) is 5.93. The average molecular weight is 584 g/mol. The van der Waals surface area contributed by atoms with E-state index < -0.39 is 27.6 Å². The molecule has 1 aliphatic rings. The number of nitrogens with one attached hydrogen (secondary N) is 1. The predicted octanol–water partition coefficient (Wildman–Crippen LogP) is 5.43. The molecule has 4 aromatic rings. The molecule has 0 unspecified atom stereocenters. The van der Waals surface area contributed by atoms with Crippen molar-refractivity contribution in [2.24, 2.45) is 0 Å². The van der Waals surface area contributed by atoms with Gasteiger partial charge in [0.05, 0.1) is 17.1 Å². The van der Waals surface area contributed by atoms with E-state index in [2.05, 4.69) is 15.5 Å². The van der Waals surface area contributed by atoms with E-state index in [0.717, 1.165) is 48.7 Å². The van der Waals surface area contributed by atoms with Crippen LogP contribution in [0.2, 0.25) is 0 Å². The molecule has 1 aromatic heterocycles. The van der Waals surface area contributed by atoms with Crippen molar-refractivity contribution in [2.45, 2.75) is 36.2 Å². The minimum absolute atomic E-state index is 0.0293. The largest absolute Gasteiger partial charge is 0.324 e. The van der Waals surface area contributed by atoms with Crippen LogP contribution in [0.4, 0.5) is 14.5 Å². The number of anilines is 1. The zero-order chi connectivity index (χ0) is 28.3. The zero-order valence-corrected chi connectivity index (χ0v) is 23.3. The number of sulfonamides is 1. The number of carbonyl (C=O) groups is 1. The fourth-order valence-corrected chi connectivity index (χ4v) is 7.02. The molecule has 1 N–H and O–H groups in total. The van der Waals surface area contributed by atoms with Crippen molar-refractivity contribution in [1.29, 1.82) is 0 Å². The van der Waals surface area contributed by atoms with Gasteiger partial charge in [-0.2, -0.15) is 4.31 Å². The van der Waals surface area contributed by atoms with Crippen LogP contribution < -0.4 is 5.32 Å². The first-order chi connectivity index (χ1) is 19.2. The second kappa shape index (κ2) is 11.9. The Morgan fingerprint density at radius 2 is 1.73 bits per heavy atom. The minimum Gasteiger partial charge on any atom is -0.324 e. The van der Waals surface area contributed by atoms with E-state index in [-0.39, 0.29) is 27.2 Å². The highest BCUT2D eigenvalue weighted by atomic mass is 32.2. The maximum atomic E-state index is 14.9. The Balaban J connectivity index is 1.40. The lowest BCUT2D eigenvalue weighted by atomic mass is 10.2. The van der Waals surface area contributed by atoms with Crippen LogP contribution in [-0.4, -0.2) is 52.2 Å². The molecule has 208 valence electrons. The van der Waals surface area contributed by atoms with E-state index in [4.69, 9.17) is 0 Å². The Morgan fingerprint density at radius 1 is 0.975 bits per heavy atom. The molecular formula is C28H27F2N5O3S2. The third-order valence-electron chi connectivity index (χ3n) is 6.49. The molecule has 0 aliphatic carbocycles. The van der Waals surface area contributed by atoms with Crippen LogP contribution in [0.5, 0.6) is 0 Å². The van der Waals surface area contributed by atoms with Gasteiger partial charge in [0.25, 0.3) is 0 Å². The van der Waals surface area contributed by atoms with Crippen LogP contribution in [-0.2, 0) is 14.8 Å². The van der Waals surface area contributed by atoms with Gasteiger partial charge < -0.3 is 5.32 Å². The second-order valence-corrected chi connectivity index (χ2v) is 12.3. The summed E-state index contributed by atoms with van der Waals surface area (Å²) in [6.45, 7) is 2.68. The molecule has 0 atom stereocenters. The van der Waals surface area contributed by atoms with E-state index in [1.165, 1.54) is 14.9 Å². The molecule has 0 saturated carbocycles. The van der Waals surface area contributed by atoms with Crippen molar-refractivity contribution in [3.8, 4) is 17.1 Å².